The lowest BCUT2D eigenvalue weighted by atomic mass is 9.91. The molecule has 1 fully saturated rings. The second-order valence-corrected chi connectivity index (χ2v) is 8.41. The molecule has 3 aliphatic heterocycles. The first-order valence-corrected chi connectivity index (χ1v) is 10.5. The van der Waals surface area contributed by atoms with Crippen LogP contribution in [0.1, 0.15) is 43.5 Å². The number of likely N-dealkylation sites (tertiary alicyclic amines) is 1. The van der Waals surface area contributed by atoms with E-state index in [1.165, 1.54) is 5.56 Å². The highest BCUT2D eigenvalue weighted by atomic mass is 79.9. The highest BCUT2D eigenvalue weighted by molar-refractivity contribution is 9.10. The Morgan fingerprint density at radius 2 is 2.07 bits per heavy atom. The number of nitrogens with zero attached hydrogens (tertiary/aromatic N) is 4. The van der Waals surface area contributed by atoms with Crippen molar-refractivity contribution in [1.29, 1.82) is 0 Å². The molecule has 0 aliphatic carbocycles. The van der Waals surface area contributed by atoms with Gasteiger partial charge in [0.15, 0.2) is 0 Å². The Bertz CT molecular complexity index is 877. The first-order valence-electron chi connectivity index (χ1n) is 9.67. The van der Waals surface area contributed by atoms with E-state index < -0.39 is 0 Å². The molecule has 0 saturated carbocycles. The molecular formula is C21H23BrN4O. The summed E-state index contributed by atoms with van der Waals surface area (Å²) in [4.78, 5) is 7.02. The van der Waals surface area contributed by atoms with Crippen molar-refractivity contribution in [2.75, 3.05) is 19.6 Å². The van der Waals surface area contributed by atoms with Crippen LogP contribution in [0.4, 0.5) is 0 Å². The van der Waals surface area contributed by atoms with Crippen molar-refractivity contribution in [3.8, 4) is 5.75 Å². The largest absolute Gasteiger partial charge is 0.466 e. The standard InChI is InChI=1S/C21H23BrN4O/c1-2-25-11-8-21(9-12-25)26-19(16-13-15(22)6-7-20(16)27-21)14-18(24-26)17-5-3-4-10-23-17/h3-7,10,13,19H,2,8-9,11-12,14H2,1H3/t19-/m1/s1. The third-order valence-electron chi connectivity index (χ3n) is 6.00. The van der Waals surface area contributed by atoms with Crippen molar-refractivity contribution in [2.45, 2.75) is 38.0 Å². The first kappa shape index (κ1) is 17.2. The van der Waals surface area contributed by atoms with Crippen molar-refractivity contribution >= 4 is 21.6 Å². The fraction of sp³-hybridized carbons (Fsp3) is 0.429. The van der Waals surface area contributed by atoms with Gasteiger partial charge in [0.05, 0.1) is 17.4 Å². The summed E-state index contributed by atoms with van der Waals surface area (Å²) in [6.45, 7) is 5.40. The van der Waals surface area contributed by atoms with Gasteiger partial charge in [-0.2, -0.15) is 5.10 Å². The maximum atomic E-state index is 6.66. The van der Waals surface area contributed by atoms with Crippen LogP contribution in [0.25, 0.3) is 0 Å². The summed E-state index contributed by atoms with van der Waals surface area (Å²) < 4.78 is 7.73. The lowest BCUT2D eigenvalue weighted by Gasteiger charge is -2.51. The van der Waals surface area contributed by atoms with Gasteiger partial charge in [0.25, 0.3) is 0 Å². The van der Waals surface area contributed by atoms with Gasteiger partial charge in [-0.05, 0) is 36.9 Å². The molecule has 1 spiro atoms. The van der Waals surface area contributed by atoms with Crippen molar-refractivity contribution < 1.29 is 4.74 Å². The number of rotatable bonds is 2. The molecule has 27 heavy (non-hydrogen) atoms. The highest BCUT2D eigenvalue weighted by Gasteiger charge is 2.51. The molecule has 6 heteroatoms. The number of halogens is 1. The summed E-state index contributed by atoms with van der Waals surface area (Å²) in [6.07, 6.45) is 4.63. The molecule has 1 saturated heterocycles. The van der Waals surface area contributed by atoms with Crippen LogP contribution in [0.2, 0.25) is 0 Å². The van der Waals surface area contributed by atoms with Crippen LogP contribution in [0.5, 0.6) is 5.75 Å². The third kappa shape index (κ3) is 2.86. The average molecular weight is 427 g/mol. The second kappa shape index (κ2) is 6.60. The molecule has 0 N–H and O–H groups in total. The van der Waals surface area contributed by atoms with Gasteiger partial charge in [-0.15, -0.1) is 0 Å². The summed E-state index contributed by atoms with van der Waals surface area (Å²) in [5.74, 6) is 1.00. The molecule has 5 nitrogen and oxygen atoms in total. The maximum Gasteiger partial charge on any atom is 0.200 e. The van der Waals surface area contributed by atoms with E-state index in [9.17, 15) is 0 Å². The van der Waals surface area contributed by atoms with Gasteiger partial charge in [-0.1, -0.05) is 28.9 Å². The first-order chi connectivity index (χ1) is 13.2. The molecule has 0 amide bonds. The minimum absolute atomic E-state index is 0.205. The normalized spacial score (nSPS) is 23.6. The Morgan fingerprint density at radius 1 is 1.22 bits per heavy atom. The predicted molar refractivity (Wildman–Crippen MR) is 109 cm³/mol. The molecule has 1 aromatic heterocycles. The molecule has 3 aliphatic rings. The van der Waals surface area contributed by atoms with E-state index in [-0.39, 0.29) is 11.8 Å². The van der Waals surface area contributed by atoms with E-state index in [2.05, 4.69) is 55.9 Å². The molecule has 4 heterocycles. The van der Waals surface area contributed by atoms with Gasteiger partial charge < -0.3 is 9.64 Å². The SMILES string of the molecule is CCN1CCC2(CC1)Oc1ccc(Br)cc1[C@H]1CC(c3ccccn3)=NN12. The number of benzene rings is 1. The molecule has 1 aromatic carbocycles. The van der Waals surface area contributed by atoms with Crippen LogP contribution in [-0.2, 0) is 0 Å². The zero-order chi connectivity index (χ0) is 18.4. The lowest BCUT2D eigenvalue weighted by molar-refractivity contribution is -0.149. The minimum Gasteiger partial charge on any atom is -0.466 e. The van der Waals surface area contributed by atoms with Crippen LogP contribution in [0.3, 0.4) is 0 Å². The van der Waals surface area contributed by atoms with Crippen LogP contribution >= 0.6 is 15.9 Å². The van der Waals surface area contributed by atoms with E-state index >= 15 is 0 Å². The highest BCUT2D eigenvalue weighted by Crippen LogP contribution is 2.50. The van der Waals surface area contributed by atoms with Crippen LogP contribution in [-0.4, -0.2) is 46.0 Å². The fourth-order valence-electron chi connectivity index (χ4n) is 4.49. The molecule has 140 valence electrons. The van der Waals surface area contributed by atoms with E-state index in [4.69, 9.17) is 9.84 Å². The molecule has 0 unspecified atom stereocenters. The Balaban J connectivity index is 1.57. The van der Waals surface area contributed by atoms with Crippen LogP contribution in [0, 0.1) is 0 Å². The van der Waals surface area contributed by atoms with Gasteiger partial charge in [0.2, 0.25) is 5.72 Å². The molecule has 1 atom stereocenters. The summed E-state index contributed by atoms with van der Waals surface area (Å²) in [7, 11) is 0. The van der Waals surface area contributed by atoms with Crippen molar-refractivity contribution in [3.05, 3.63) is 58.3 Å². The van der Waals surface area contributed by atoms with Crippen LogP contribution in [0.15, 0.2) is 52.2 Å². The quantitative estimate of drug-likeness (QED) is 0.721. The Labute approximate surface area is 168 Å². The number of hydrogen-bond acceptors (Lipinski definition) is 5. The zero-order valence-electron chi connectivity index (χ0n) is 15.4. The van der Waals surface area contributed by atoms with E-state index in [0.717, 1.165) is 60.5 Å². The number of ether oxygens (including phenoxy) is 1. The van der Waals surface area contributed by atoms with Gasteiger partial charge >= 0.3 is 0 Å². The minimum atomic E-state index is -0.353. The Hall–Kier alpha value is -1.92. The van der Waals surface area contributed by atoms with Gasteiger partial charge in [0.1, 0.15) is 5.75 Å². The maximum absolute atomic E-state index is 6.66. The Morgan fingerprint density at radius 3 is 2.81 bits per heavy atom. The van der Waals surface area contributed by atoms with E-state index in [0.29, 0.717) is 0 Å². The third-order valence-corrected chi connectivity index (χ3v) is 6.50. The summed E-state index contributed by atoms with van der Waals surface area (Å²) in [5.41, 5.74) is 2.87. The predicted octanol–water partition coefficient (Wildman–Crippen LogP) is 4.20. The summed E-state index contributed by atoms with van der Waals surface area (Å²) in [5, 5.41) is 7.31. The average Bonchev–Trinajstić information content (AvgIpc) is 3.17. The smallest absolute Gasteiger partial charge is 0.200 e. The topological polar surface area (TPSA) is 41.0 Å². The molecule has 5 rings (SSSR count). The Kier molecular flexibility index (Phi) is 4.20. The molecule has 0 radical (unpaired) electrons. The molecular weight excluding hydrogens is 404 g/mol. The number of pyridine rings is 1. The number of aromatic nitrogens is 1. The van der Waals surface area contributed by atoms with E-state index in [1.807, 2.05) is 24.4 Å². The number of piperidine rings is 1. The molecule has 0 bridgehead atoms. The van der Waals surface area contributed by atoms with Crippen molar-refractivity contribution in [2.24, 2.45) is 5.10 Å². The van der Waals surface area contributed by atoms with Gasteiger partial charge in [-0.3, -0.25) is 4.98 Å². The van der Waals surface area contributed by atoms with Crippen molar-refractivity contribution in [1.82, 2.24) is 14.9 Å². The van der Waals surface area contributed by atoms with Crippen LogP contribution < -0.4 is 4.74 Å². The lowest BCUT2D eigenvalue weighted by Crippen LogP contribution is -2.59. The zero-order valence-corrected chi connectivity index (χ0v) is 17.0. The summed E-state index contributed by atoms with van der Waals surface area (Å²) in [6, 6.07) is 12.6. The number of hydrazone groups is 1. The van der Waals surface area contributed by atoms with Gasteiger partial charge in [-0.25, -0.2) is 5.01 Å². The monoisotopic (exact) mass is 426 g/mol. The second-order valence-electron chi connectivity index (χ2n) is 7.49. The molecule has 2 aromatic rings. The summed E-state index contributed by atoms with van der Waals surface area (Å²) >= 11 is 3.62. The number of hydrogen-bond donors (Lipinski definition) is 0. The van der Waals surface area contributed by atoms with Gasteiger partial charge in [0, 0.05) is 48.6 Å². The van der Waals surface area contributed by atoms with E-state index in [1.54, 1.807) is 0 Å². The number of fused-ring (bicyclic) bond motifs is 4. The van der Waals surface area contributed by atoms with Crippen molar-refractivity contribution in [3.63, 3.8) is 0 Å². The fourth-order valence-corrected chi connectivity index (χ4v) is 4.87.